The fourth-order valence-corrected chi connectivity index (χ4v) is 2.36. The zero-order chi connectivity index (χ0) is 12.5. The van der Waals surface area contributed by atoms with E-state index in [0.717, 1.165) is 0 Å². The summed E-state index contributed by atoms with van der Waals surface area (Å²) in [5.74, 6) is 0.673. The Morgan fingerprint density at radius 2 is 1.65 bits per heavy atom. The molecule has 2 rings (SSSR count). The second-order valence-corrected chi connectivity index (χ2v) is 4.92. The normalized spacial score (nSPS) is 9.53. The molecule has 87 valence electrons. The smallest absolute Gasteiger partial charge is 0.0267 e. The molecule has 0 aliphatic rings. The van der Waals surface area contributed by atoms with Gasteiger partial charge in [0.15, 0.2) is 0 Å². The van der Waals surface area contributed by atoms with Gasteiger partial charge in [-0.25, -0.2) is 0 Å². The predicted octanol–water partition coefficient (Wildman–Crippen LogP) is 3.94. The summed E-state index contributed by atoms with van der Waals surface area (Å²) in [5.41, 5.74) is 3.05. The summed E-state index contributed by atoms with van der Waals surface area (Å²) in [5, 5.41) is 0. The van der Waals surface area contributed by atoms with E-state index in [1.807, 2.05) is 18.2 Å². The van der Waals surface area contributed by atoms with Gasteiger partial charge in [-0.1, -0.05) is 6.07 Å². The molecule has 0 unspecified atom stereocenters. The van der Waals surface area contributed by atoms with Crippen molar-refractivity contribution in [3.63, 3.8) is 0 Å². The standard InChI is InChI=1S/C10H13.C5H5N.Zr/c1-8(2)10-7-5-4-6-9(10)3;1-2-4-6-5-3-1;/h4-8H,3H2,1-2H3;1-5H;. The Bertz CT molecular complexity index is 386. The predicted molar refractivity (Wildman–Crippen MR) is 68.5 cm³/mol. The van der Waals surface area contributed by atoms with Gasteiger partial charge in [0.25, 0.3) is 0 Å². The molecule has 1 heterocycles. The van der Waals surface area contributed by atoms with E-state index in [-0.39, 0.29) is 0 Å². The van der Waals surface area contributed by atoms with Crippen LogP contribution in [0.4, 0.5) is 0 Å². The molecule has 1 aromatic carbocycles. The topological polar surface area (TPSA) is 12.9 Å². The van der Waals surface area contributed by atoms with E-state index in [1.165, 1.54) is 15.3 Å². The molecule has 0 atom stereocenters. The van der Waals surface area contributed by atoms with Gasteiger partial charge in [-0.3, -0.25) is 4.98 Å². The maximum absolute atomic E-state index is 3.78. The van der Waals surface area contributed by atoms with Crippen molar-refractivity contribution in [3.8, 4) is 0 Å². The summed E-state index contributed by atoms with van der Waals surface area (Å²) in [6, 6.07) is 14.5. The van der Waals surface area contributed by atoms with Crippen molar-refractivity contribution < 1.29 is 24.7 Å². The fraction of sp³-hybridized carbons (Fsp3) is 0.267. The third-order valence-corrected chi connectivity index (χ3v) is 3.37. The van der Waals surface area contributed by atoms with Crippen LogP contribution in [-0.2, 0) is 28.8 Å². The maximum atomic E-state index is 3.78. The average molecular weight is 304 g/mol. The second kappa shape index (κ2) is 8.36. The third-order valence-electron chi connectivity index (χ3n) is 2.43. The average Bonchev–Trinajstić information content (AvgIpc) is 2.41. The minimum absolute atomic E-state index is 0.673. The van der Waals surface area contributed by atoms with E-state index in [0.29, 0.717) is 5.92 Å². The van der Waals surface area contributed by atoms with Gasteiger partial charge in [0.2, 0.25) is 0 Å². The molecule has 0 fully saturated rings. The Balaban J connectivity index is 0.000000202. The van der Waals surface area contributed by atoms with Crippen LogP contribution in [0.5, 0.6) is 0 Å². The molecule has 2 aromatic rings. The summed E-state index contributed by atoms with van der Waals surface area (Å²) in [4.78, 5) is 3.78. The van der Waals surface area contributed by atoms with Gasteiger partial charge in [-0.15, -0.1) is 0 Å². The summed E-state index contributed by atoms with van der Waals surface area (Å²) in [6.07, 6.45) is 3.50. The molecule has 0 saturated carbocycles. The largest absolute Gasteiger partial charge is 0.265 e. The SMILES string of the molecule is CC(C)c1ccccc1[CH2][Zr].c1ccncc1. The van der Waals surface area contributed by atoms with E-state index in [9.17, 15) is 0 Å². The van der Waals surface area contributed by atoms with Gasteiger partial charge in [0.05, 0.1) is 0 Å². The van der Waals surface area contributed by atoms with Crippen molar-refractivity contribution in [3.05, 3.63) is 66.0 Å². The zero-order valence-corrected chi connectivity index (χ0v) is 12.9. The first-order valence-corrected chi connectivity index (χ1v) is 7.57. The Labute approximate surface area is 119 Å². The minimum atomic E-state index is 0.673. The zero-order valence-electron chi connectivity index (χ0n) is 10.4. The van der Waals surface area contributed by atoms with E-state index in [1.54, 1.807) is 37.1 Å². The number of rotatable bonds is 2. The molecule has 0 radical (unpaired) electrons. The first-order valence-electron chi connectivity index (χ1n) is 5.83. The van der Waals surface area contributed by atoms with Crippen molar-refractivity contribution in [1.29, 1.82) is 0 Å². The summed E-state index contributed by atoms with van der Waals surface area (Å²) in [7, 11) is 0. The molecule has 0 amide bonds. The van der Waals surface area contributed by atoms with E-state index in [4.69, 9.17) is 0 Å². The van der Waals surface area contributed by atoms with Gasteiger partial charge < -0.3 is 0 Å². The fourth-order valence-electron chi connectivity index (χ4n) is 1.57. The molecule has 1 nitrogen and oxygen atoms in total. The molecule has 0 aliphatic heterocycles. The molecule has 0 aliphatic carbocycles. The van der Waals surface area contributed by atoms with Crippen molar-refractivity contribution >= 4 is 0 Å². The van der Waals surface area contributed by atoms with Crippen LogP contribution in [0.1, 0.15) is 30.9 Å². The molecular weight excluding hydrogens is 285 g/mol. The van der Waals surface area contributed by atoms with Gasteiger partial charge in [0, 0.05) is 12.4 Å². The Morgan fingerprint density at radius 1 is 1.00 bits per heavy atom. The van der Waals surface area contributed by atoms with Crippen LogP contribution in [0.3, 0.4) is 0 Å². The van der Waals surface area contributed by atoms with Crippen molar-refractivity contribution in [2.45, 2.75) is 23.9 Å². The number of benzene rings is 1. The van der Waals surface area contributed by atoms with Crippen LogP contribution in [0.15, 0.2) is 54.9 Å². The quantitative estimate of drug-likeness (QED) is 0.819. The molecule has 2 heteroatoms. The molecular formula is C15H18NZr. The van der Waals surface area contributed by atoms with Gasteiger partial charge >= 0.3 is 84.0 Å². The number of pyridine rings is 1. The van der Waals surface area contributed by atoms with E-state index in [2.05, 4.69) is 43.1 Å². The van der Waals surface area contributed by atoms with Crippen LogP contribution in [0.25, 0.3) is 0 Å². The van der Waals surface area contributed by atoms with Crippen LogP contribution < -0.4 is 0 Å². The van der Waals surface area contributed by atoms with Crippen LogP contribution >= 0.6 is 0 Å². The van der Waals surface area contributed by atoms with E-state index >= 15 is 0 Å². The molecule has 17 heavy (non-hydrogen) atoms. The molecule has 0 saturated heterocycles. The number of hydrogen-bond acceptors (Lipinski definition) is 1. The number of nitrogens with zero attached hydrogens (tertiary/aromatic N) is 1. The van der Waals surface area contributed by atoms with Gasteiger partial charge in [-0.2, -0.15) is 0 Å². The monoisotopic (exact) mass is 302 g/mol. The molecule has 0 spiro atoms. The Hall–Kier alpha value is -0.747. The Kier molecular flexibility index (Phi) is 7.04. The van der Waals surface area contributed by atoms with Crippen LogP contribution in [-0.4, -0.2) is 4.98 Å². The van der Waals surface area contributed by atoms with Crippen LogP contribution in [0.2, 0.25) is 0 Å². The Morgan fingerprint density at radius 3 is 2.00 bits per heavy atom. The summed E-state index contributed by atoms with van der Waals surface area (Å²) in [6.45, 7) is 4.51. The number of hydrogen-bond donors (Lipinski definition) is 0. The number of aromatic nitrogens is 1. The second-order valence-electron chi connectivity index (χ2n) is 4.05. The molecule has 0 N–H and O–H groups in total. The van der Waals surface area contributed by atoms with Crippen molar-refractivity contribution in [1.82, 2.24) is 4.98 Å². The first-order chi connectivity index (χ1) is 8.25. The van der Waals surface area contributed by atoms with Gasteiger partial charge in [-0.05, 0) is 12.1 Å². The van der Waals surface area contributed by atoms with Crippen molar-refractivity contribution in [2.75, 3.05) is 0 Å². The van der Waals surface area contributed by atoms with E-state index < -0.39 is 0 Å². The van der Waals surface area contributed by atoms with Crippen molar-refractivity contribution in [2.24, 2.45) is 0 Å². The summed E-state index contributed by atoms with van der Waals surface area (Å²) >= 11 is 1.60. The maximum Gasteiger partial charge on any atom is 0.0267 e. The van der Waals surface area contributed by atoms with Gasteiger partial charge in [0.1, 0.15) is 0 Å². The third kappa shape index (κ3) is 5.41. The first kappa shape index (κ1) is 14.3. The van der Waals surface area contributed by atoms with Crippen LogP contribution in [0, 0.1) is 0 Å². The molecule has 1 aromatic heterocycles. The summed E-state index contributed by atoms with van der Waals surface area (Å²) < 4.78 is 1.24. The minimum Gasteiger partial charge on any atom is -0.265 e. The molecule has 0 bridgehead atoms.